The van der Waals surface area contributed by atoms with Crippen LogP contribution in [0.4, 0.5) is 21.0 Å². The zero-order valence-electron chi connectivity index (χ0n) is 21.5. The minimum Gasteiger partial charge on any atom is -0.338 e. The van der Waals surface area contributed by atoms with E-state index in [9.17, 15) is 9.59 Å². The molecule has 0 bridgehead atoms. The summed E-state index contributed by atoms with van der Waals surface area (Å²) in [6.07, 6.45) is 9.11. The van der Waals surface area contributed by atoms with Crippen LogP contribution in [0.5, 0.6) is 0 Å². The van der Waals surface area contributed by atoms with E-state index < -0.39 is 0 Å². The molecule has 2 aromatic carbocycles. The summed E-state index contributed by atoms with van der Waals surface area (Å²) < 4.78 is 0. The van der Waals surface area contributed by atoms with E-state index in [0.717, 1.165) is 47.8 Å². The number of amides is 4. The molecule has 0 aliphatic rings. The van der Waals surface area contributed by atoms with Crippen LogP contribution in [0.15, 0.2) is 36.4 Å². The Morgan fingerprint density at radius 2 is 1.09 bits per heavy atom. The van der Waals surface area contributed by atoms with Gasteiger partial charge in [-0.3, -0.25) is 0 Å². The lowest BCUT2D eigenvalue weighted by molar-refractivity contribution is 0.248. The number of urea groups is 2. The number of benzene rings is 2. The van der Waals surface area contributed by atoms with Gasteiger partial charge in [0.2, 0.25) is 0 Å². The number of anilines is 2. The zero-order valence-corrected chi connectivity index (χ0v) is 21.5. The number of carbonyl (C=O) groups excluding carboxylic acids is 2. The molecule has 188 valence electrons. The summed E-state index contributed by atoms with van der Waals surface area (Å²) in [5.74, 6) is 1.00. The molecule has 4 amide bonds. The topological polar surface area (TPSA) is 82.3 Å². The van der Waals surface area contributed by atoms with Crippen molar-refractivity contribution in [3.63, 3.8) is 0 Å². The second-order valence-corrected chi connectivity index (χ2v) is 9.21. The summed E-state index contributed by atoms with van der Waals surface area (Å²) in [5.41, 5.74) is 1.46. The van der Waals surface area contributed by atoms with E-state index in [1.165, 1.54) is 25.7 Å². The van der Waals surface area contributed by atoms with E-state index in [1.807, 2.05) is 36.4 Å². The lowest BCUT2D eigenvalue weighted by atomic mass is 9.99. The molecule has 0 radical (unpaired) electrons. The fraction of sp³-hybridized carbons (Fsp3) is 0.571. The average molecular weight is 469 g/mol. The first-order valence-electron chi connectivity index (χ1n) is 13.1. The molecular formula is C28H44N4O2. The van der Waals surface area contributed by atoms with Crippen molar-refractivity contribution in [3.05, 3.63) is 36.4 Å². The van der Waals surface area contributed by atoms with Gasteiger partial charge in [-0.25, -0.2) is 9.59 Å². The lowest BCUT2D eigenvalue weighted by Crippen LogP contribution is -2.33. The molecular weight excluding hydrogens is 424 g/mol. The number of hydrogen-bond acceptors (Lipinski definition) is 2. The van der Waals surface area contributed by atoms with Crippen LogP contribution in [0.25, 0.3) is 10.8 Å². The first-order valence-corrected chi connectivity index (χ1v) is 13.1. The minimum atomic E-state index is -0.198. The molecule has 2 aromatic rings. The predicted molar refractivity (Wildman–Crippen MR) is 145 cm³/mol. The Kier molecular flexibility index (Phi) is 12.3. The van der Waals surface area contributed by atoms with E-state index >= 15 is 0 Å². The van der Waals surface area contributed by atoms with Crippen molar-refractivity contribution in [2.75, 3.05) is 23.7 Å². The Hall–Kier alpha value is -2.76. The van der Waals surface area contributed by atoms with Crippen molar-refractivity contribution < 1.29 is 9.59 Å². The summed E-state index contributed by atoms with van der Waals surface area (Å²) in [4.78, 5) is 25.1. The molecule has 0 spiro atoms. The predicted octanol–water partition coefficient (Wildman–Crippen LogP) is 7.52. The van der Waals surface area contributed by atoms with Gasteiger partial charge in [0.1, 0.15) is 0 Å². The second-order valence-electron chi connectivity index (χ2n) is 9.21. The second kappa shape index (κ2) is 15.2. The summed E-state index contributed by atoms with van der Waals surface area (Å²) in [6.45, 7) is 10.1. The number of carbonyl (C=O) groups is 2. The Morgan fingerprint density at radius 1 is 0.676 bits per heavy atom. The van der Waals surface area contributed by atoms with Crippen molar-refractivity contribution in [2.45, 2.75) is 79.1 Å². The molecule has 0 saturated carbocycles. The maximum atomic E-state index is 12.6. The quantitative estimate of drug-likeness (QED) is 0.231. The molecule has 2 unspecified atom stereocenters. The van der Waals surface area contributed by atoms with Crippen molar-refractivity contribution >= 4 is 34.2 Å². The van der Waals surface area contributed by atoms with E-state index in [2.05, 4.69) is 49.0 Å². The highest BCUT2D eigenvalue weighted by Gasteiger charge is 2.13. The molecule has 2 atom stereocenters. The van der Waals surface area contributed by atoms with Gasteiger partial charge in [0.15, 0.2) is 0 Å². The Morgan fingerprint density at radius 3 is 1.44 bits per heavy atom. The number of unbranched alkanes of at least 4 members (excludes halogenated alkanes) is 2. The molecule has 4 N–H and O–H groups in total. The first-order chi connectivity index (χ1) is 16.5. The van der Waals surface area contributed by atoms with E-state index in [4.69, 9.17) is 0 Å². The maximum absolute atomic E-state index is 12.6. The van der Waals surface area contributed by atoms with E-state index in [0.29, 0.717) is 24.9 Å². The minimum absolute atomic E-state index is 0.198. The largest absolute Gasteiger partial charge is 0.338 e. The van der Waals surface area contributed by atoms with Gasteiger partial charge in [-0.2, -0.15) is 0 Å². The fourth-order valence-corrected chi connectivity index (χ4v) is 4.22. The summed E-state index contributed by atoms with van der Waals surface area (Å²) >= 11 is 0. The highest BCUT2D eigenvalue weighted by atomic mass is 16.2. The Labute approximate surface area is 205 Å². The standard InChI is InChI=1S/C28H44N4O2/c1-5-9-13-21(7-3)19-29-27(33)31-25-17-11-16-24-23(25)15-12-18-26(24)32-28(34)30-20-22(8-4)14-10-6-2/h11-12,15-18,21-22H,5-10,13-14,19-20H2,1-4H3,(H2,29,31,33)(H2,30,32,34). The number of rotatable bonds is 14. The molecule has 0 saturated heterocycles. The van der Waals surface area contributed by atoms with Crippen LogP contribution >= 0.6 is 0 Å². The molecule has 6 nitrogen and oxygen atoms in total. The van der Waals surface area contributed by atoms with Gasteiger partial charge in [-0.05, 0) is 36.8 Å². The number of nitrogens with one attached hydrogen (secondary N) is 4. The molecule has 0 aliphatic heterocycles. The maximum Gasteiger partial charge on any atom is 0.319 e. The van der Waals surface area contributed by atoms with Crippen LogP contribution in [0.2, 0.25) is 0 Å². The van der Waals surface area contributed by atoms with Gasteiger partial charge in [0, 0.05) is 23.9 Å². The molecule has 0 heterocycles. The van der Waals surface area contributed by atoms with Gasteiger partial charge < -0.3 is 21.3 Å². The SMILES string of the molecule is CCCCC(CC)CNC(=O)Nc1cccc2c(NC(=O)NCC(CC)CCCC)cccc12. The third kappa shape index (κ3) is 8.88. The van der Waals surface area contributed by atoms with Crippen LogP contribution in [0, 0.1) is 11.8 Å². The number of fused-ring (bicyclic) bond motifs is 1. The van der Waals surface area contributed by atoms with Gasteiger partial charge in [0.25, 0.3) is 0 Å². The van der Waals surface area contributed by atoms with Crippen molar-refractivity contribution in [2.24, 2.45) is 11.8 Å². The van der Waals surface area contributed by atoms with Gasteiger partial charge in [-0.1, -0.05) is 90.5 Å². The molecule has 34 heavy (non-hydrogen) atoms. The summed E-state index contributed by atoms with van der Waals surface area (Å²) in [7, 11) is 0. The van der Waals surface area contributed by atoms with Crippen molar-refractivity contribution in [1.82, 2.24) is 10.6 Å². The van der Waals surface area contributed by atoms with E-state index in [-0.39, 0.29) is 12.1 Å². The normalized spacial score (nSPS) is 12.7. The molecule has 0 fully saturated rings. The van der Waals surface area contributed by atoms with E-state index in [1.54, 1.807) is 0 Å². The van der Waals surface area contributed by atoms with Gasteiger partial charge in [0.05, 0.1) is 11.4 Å². The molecule has 6 heteroatoms. The van der Waals surface area contributed by atoms with Crippen LogP contribution in [0.1, 0.15) is 79.1 Å². The Bertz CT molecular complexity index is 826. The monoisotopic (exact) mass is 468 g/mol. The molecule has 0 aromatic heterocycles. The average Bonchev–Trinajstić information content (AvgIpc) is 2.85. The third-order valence-electron chi connectivity index (χ3n) is 6.61. The van der Waals surface area contributed by atoms with Gasteiger partial charge >= 0.3 is 12.1 Å². The number of hydrogen-bond donors (Lipinski definition) is 4. The van der Waals surface area contributed by atoms with Crippen molar-refractivity contribution in [1.29, 1.82) is 0 Å². The highest BCUT2D eigenvalue weighted by molar-refractivity contribution is 6.08. The lowest BCUT2D eigenvalue weighted by Gasteiger charge is -2.17. The zero-order chi connectivity index (χ0) is 24.8. The summed E-state index contributed by atoms with van der Waals surface area (Å²) in [5, 5.41) is 13.8. The van der Waals surface area contributed by atoms with Gasteiger partial charge in [-0.15, -0.1) is 0 Å². The Balaban J connectivity index is 2.01. The molecule has 2 rings (SSSR count). The van der Waals surface area contributed by atoms with Crippen LogP contribution in [-0.2, 0) is 0 Å². The molecule has 0 aliphatic carbocycles. The van der Waals surface area contributed by atoms with Crippen LogP contribution < -0.4 is 21.3 Å². The van der Waals surface area contributed by atoms with Crippen LogP contribution in [0.3, 0.4) is 0 Å². The third-order valence-corrected chi connectivity index (χ3v) is 6.61. The van der Waals surface area contributed by atoms with Crippen molar-refractivity contribution in [3.8, 4) is 0 Å². The fourth-order valence-electron chi connectivity index (χ4n) is 4.22. The highest BCUT2D eigenvalue weighted by Crippen LogP contribution is 2.29. The van der Waals surface area contributed by atoms with Crippen LogP contribution in [-0.4, -0.2) is 25.2 Å². The smallest absolute Gasteiger partial charge is 0.319 e. The summed E-state index contributed by atoms with van der Waals surface area (Å²) in [6, 6.07) is 11.1. The first kappa shape index (κ1) is 27.5.